The summed E-state index contributed by atoms with van der Waals surface area (Å²) in [4.78, 5) is 12.0. The number of likely N-dealkylation sites (tertiary alicyclic amines) is 1. The summed E-state index contributed by atoms with van der Waals surface area (Å²) in [5.41, 5.74) is 1.36. The van der Waals surface area contributed by atoms with Crippen LogP contribution in [0.1, 0.15) is 32.6 Å². The number of nitrogens with zero attached hydrogens (tertiary/aromatic N) is 4. The van der Waals surface area contributed by atoms with E-state index in [4.69, 9.17) is 0 Å². The number of hydrogen-bond donors (Lipinski definition) is 1. The number of para-hydroxylation sites is 1. The number of guanidine groups is 1. The number of aliphatic imine (C=N–C) groups is 1. The van der Waals surface area contributed by atoms with Crippen LogP contribution in [0.15, 0.2) is 35.3 Å². The van der Waals surface area contributed by atoms with E-state index >= 15 is 0 Å². The van der Waals surface area contributed by atoms with Crippen LogP contribution >= 0.6 is 24.0 Å². The van der Waals surface area contributed by atoms with Gasteiger partial charge in [0.05, 0.1) is 0 Å². The van der Waals surface area contributed by atoms with Crippen LogP contribution < -0.4 is 10.2 Å². The molecule has 28 heavy (non-hydrogen) atoms. The predicted octanol–water partition coefficient (Wildman–Crippen LogP) is 3.51. The number of unbranched alkanes of at least 4 members (excludes halogenated alkanes) is 1. The Kier molecular flexibility index (Phi) is 10.4. The first kappa shape index (κ1) is 23.3. The number of benzene rings is 1. The molecule has 0 aliphatic carbocycles. The SMILES string of the molecule is CN=C(NCCCCN1CCN(c2ccccc2)CC1)N1CCC(C)CC1.I. The molecule has 158 valence electrons. The van der Waals surface area contributed by atoms with E-state index in [1.54, 1.807) is 0 Å². The van der Waals surface area contributed by atoms with Crippen LogP contribution in [-0.2, 0) is 0 Å². The highest BCUT2D eigenvalue weighted by Gasteiger charge is 2.19. The zero-order valence-corrected chi connectivity index (χ0v) is 20.0. The van der Waals surface area contributed by atoms with Crippen molar-refractivity contribution >= 4 is 35.6 Å². The molecule has 5 nitrogen and oxygen atoms in total. The summed E-state index contributed by atoms with van der Waals surface area (Å²) < 4.78 is 0. The highest BCUT2D eigenvalue weighted by molar-refractivity contribution is 14.0. The minimum atomic E-state index is 0. The van der Waals surface area contributed by atoms with Crippen LogP contribution in [0.3, 0.4) is 0 Å². The zero-order valence-electron chi connectivity index (χ0n) is 17.6. The Balaban J connectivity index is 0.00000280. The van der Waals surface area contributed by atoms with Gasteiger partial charge in [-0.05, 0) is 50.3 Å². The molecule has 2 aliphatic rings. The first-order chi connectivity index (χ1) is 13.3. The molecule has 6 heteroatoms. The first-order valence-electron chi connectivity index (χ1n) is 10.7. The third-order valence-corrected chi connectivity index (χ3v) is 5.97. The fraction of sp³-hybridized carbons (Fsp3) is 0.682. The van der Waals surface area contributed by atoms with E-state index in [1.807, 2.05) is 7.05 Å². The third kappa shape index (κ3) is 7.10. The van der Waals surface area contributed by atoms with E-state index in [2.05, 4.69) is 62.3 Å². The smallest absolute Gasteiger partial charge is 0.193 e. The fourth-order valence-corrected chi connectivity index (χ4v) is 4.08. The van der Waals surface area contributed by atoms with Gasteiger partial charge >= 0.3 is 0 Å². The van der Waals surface area contributed by atoms with Crippen molar-refractivity contribution in [1.82, 2.24) is 15.1 Å². The van der Waals surface area contributed by atoms with Gasteiger partial charge in [-0.25, -0.2) is 0 Å². The Bertz CT molecular complexity index is 564. The van der Waals surface area contributed by atoms with Crippen molar-refractivity contribution in [3.8, 4) is 0 Å². The van der Waals surface area contributed by atoms with Gasteiger partial charge in [-0.1, -0.05) is 25.1 Å². The van der Waals surface area contributed by atoms with Gasteiger partial charge in [-0.3, -0.25) is 9.89 Å². The summed E-state index contributed by atoms with van der Waals surface area (Å²) in [6, 6.07) is 10.8. The van der Waals surface area contributed by atoms with Crippen LogP contribution in [0.2, 0.25) is 0 Å². The lowest BCUT2D eigenvalue weighted by Crippen LogP contribution is -2.47. The molecule has 0 bridgehead atoms. The minimum absolute atomic E-state index is 0. The Morgan fingerprint density at radius 1 is 1.00 bits per heavy atom. The predicted molar refractivity (Wildman–Crippen MR) is 131 cm³/mol. The highest BCUT2D eigenvalue weighted by Crippen LogP contribution is 2.16. The summed E-state index contributed by atoms with van der Waals surface area (Å²) >= 11 is 0. The molecule has 0 unspecified atom stereocenters. The maximum Gasteiger partial charge on any atom is 0.193 e. The van der Waals surface area contributed by atoms with Gasteiger partial charge in [0.25, 0.3) is 0 Å². The van der Waals surface area contributed by atoms with Gasteiger partial charge in [-0.15, -0.1) is 24.0 Å². The maximum absolute atomic E-state index is 4.48. The second-order valence-electron chi connectivity index (χ2n) is 8.01. The fourth-order valence-electron chi connectivity index (χ4n) is 4.08. The molecule has 0 amide bonds. The molecule has 1 aromatic rings. The molecule has 2 aliphatic heterocycles. The highest BCUT2D eigenvalue weighted by atomic mass is 127. The quantitative estimate of drug-likeness (QED) is 0.281. The summed E-state index contributed by atoms with van der Waals surface area (Å²) in [6.45, 7) is 11.5. The van der Waals surface area contributed by atoms with Gasteiger partial charge in [-0.2, -0.15) is 0 Å². The van der Waals surface area contributed by atoms with Crippen molar-refractivity contribution in [2.45, 2.75) is 32.6 Å². The standard InChI is InChI=1S/C22H37N5.HI/c1-20-10-14-27(15-11-20)22(23-2)24-12-6-7-13-25-16-18-26(19-17-25)21-8-4-3-5-9-21;/h3-5,8-9,20H,6-7,10-19H2,1-2H3,(H,23,24);1H. The van der Waals surface area contributed by atoms with E-state index in [0.717, 1.165) is 44.6 Å². The topological polar surface area (TPSA) is 34.1 Å². The molecule has 1 N–H and O–H groups in total. The average Bonchev–Trinajstić information content (AvgIpc) is 2.73. The Morgan fingerprint density at radius 2 is 1.68 bits per heavy atom. The van der Waals surface area contributed by atoms with Crippen molar-refractivity contribution in [1.29, 1.82) is 0 Å². The number of halogens is 1. The van der Waals surface area contributed by atoms with Gasteiger partial charge in [0.15, 0.2) is 5.96 Å². The van der Waals surface area contributed by atoms with Gasteiger partial charge in [0.2, 0.25) is 0 Å². The number of piperazine rings is 1. The molecule has 2 fully saturated rings. The molecular weight excluding hydrogens is 461 g/mol. The number of nitrogens with one attached hydrogen (secondary N) is 1. The molecule has 0 atom stereocenters. The summed E-state index contributed by atoms with van der Waals surface area (Å²) in [5.74, 6) is 1.96. The van der Waals surface area contributed by atoms with Crippen LogP contribution in [-0.4, -0.2) is 75.2 Å². The van der Waals surface area contributed by atoms with Crippen molar-refractivity contribution in [2.24, 2.45) is 10.9 Å². The van der Waals surface area contributed by atoms with Crippen molar-refractivity contribution in [2.75, 3.05) is 64.3 Å². The maximum atomic E-state index is 4.48. The monoisotopic (exact) mass is 499 g/mol. The molecule has 0 saturated carbocycles. The van der Waals surface area contributed by atoms with Crippen molar-refractivity contribution in [3.05, 3.63) is 30.3 Å². The summed E-state index contributed by atoms with van der Waals surface area (Å²) in [5, 5.41) is 3.57. The van der Waals surface area contributed by atoms with E-state index in [0.29, 0.717) is 0 Å². The van der Waals surface area contributed by atoms with Crippen LogP contribution in [0.4, 0.5) is 5.69 Å². The molecule has 0 aromatic heterocycles. The van der Waals surface area contributed by atoms with E-state index in [1.165, 1.54) is 51.0 Å². The minimum Gasteiger partial charge on any atom is -0.369 e. The molecule has 3 rings (SSSR count). The summed E-state index contributed by atoms with van der Waals surface area (Å²) in [7, 11) is 1.91. The number of rotatable bonds is 6. The molecule has 0 spiro atoms. The largest absolute Gasteiger partial charge is 0.369 e. The van der Waals surface area contributed by atoms with Gasteiger partial charge in [0.1, 0.15) is 0 Å². The molecule has 2 heterocycles. The zero-order chi connectivity index (χ0) is 18.9. The Hall–Kier alpha value is -1.02. The molecular formula is C22H38IN5. The number of anilines is 1. The lowest BCUT2D eigenvalue weighted by atomic mass is 10.00. The van der Waals surface area contributed by atoms with Crippen LogP contribution in [0, 0.1) is 5.92 Å². The Labute approximate surface area is 188 Å². The number of hydrogen-bond acceptors (Lipinski definition) is 3. The van der Waals surface area contributed by atoms with Crippen molar-refractivity contribution in [3.63, 3.8) is 0 Å². The summed E-state index contributed by atoms with van der Waals surface area (Å²) in [6.07, 6.45) is 5.04. The average molecular weight is 499 g/mol. The lowest BCUT2D eigenvalue weighted by Gasteiger charge is -2.36. The van der Waals surface area contributed by atoms with Crippen molar-refractivity contribution < 1.29 is 0 Å². The normalized spacial score (nSPS) is 19.4. The van der Waals surface area contributed by atoms with E-state index in [-0.39, 0.29) is 24.0 Å². The lowest BCUT2D eigenvalue weighted by molar-refractivity contribution is 0.252. The van der Waals surface area contributed by atoms with Crippen LogP contribution in [0.25, 0.3) is 0 Å². The van der Waals surface area contributed by atoms with Crippen LogP contribution in [0.5, 0.6) is 0 Å². The molecule has 2 saturated heterocycles. The number of piperidine rings is 1. The van der Waals surface area contributed by atoms with Gasteiger partial charge in [0, 0.05) is 58.5 Å². The molecule has 0 radical (unpaired) electrons. The Morgan fingerprint density at radius 3 is 2.32 bits per heavy atom. The first-order valence-corrected chi connectivity index (χ1v) is 10.7. The van der Waals surface area contributed by atoms with Gasteiger partial charge < -0.3 is 15.1 Å². The molecule has 1 aromatic carbocycles. The van der Waals surface area contributed by atoms with E-state index < -0.39 is 0 Å². The van der Waals surface area contributed by atoms with E-state index in [9.17, 15) is 0 Å². The second kappa shape index (κ2) is 12.5. The third-order valence-electron chi connectivity index (χ3n) is 5.97. The second-order valence-corrected chi connectivity index (χ2v) is 8.01.